The van der Waals surface area contributed by atoms with Gasteiger partial charge in [-0.25, -0.2) is 4.52 Å². The van der Waals surface area contributed by atoms with Gasteiger partial charge in [0.05, 0.1) is 6.04 Å². The summed E-state index contributed by atoms with van der Waals surface area (Å²) in [4.78, 5) is 18.3. The monoisotopic (exact) mass is 374 g/mol. The number of hydrogen-bond donors (Lipinski definition) is 0. The number of rotatable bonds is 2. The number of amides is 1. The van der Waals surface area contributed by atoms with E-state index in [2.05, 4.69) is 55.7 Å². The molecule has 142 valence electrons. The molecule has 4 saturated heterocycles. The van der Waals surface area contributed by atoms with E-state index >= 15 is 0 Å². The van der Waals surface area contributed by atoms with Gasteiger partial charge in [0.1, 0.15) is 0 Å². The second-order valence-electron chi connectivity index (χ2n) is 8.23. The van der Waals surface area contributed by atoms with Gasteiger partial charge in [0.15, 0.2) is 5.65 Å². The number of nitrogens with zero attached hydrogens (tertiary/aromatic N) is 6. The Hall–Kier alpha value is -2.80. The lowest BCUT2D eigenvalue weighted by atomic mass is 9.75. The fourth-order valence-corrected chi connectivity index (χ4v) is 5.69. The number of fused-ring (bicyclic) bond motifs is 3. The summed E-state index contributed by atoms with van der Waals surface area (Å²) < 4.78 is 1.59. The number of piperidine rings is 3. The van der Waals surface area contributed by atoms with Gasteiger partial charge in [-0.15, -0.1) is 5.10 Å². The molecule has 7 nitrogen and oxygen atoms in total. The molecule has 7 heteroatoms. The first kappa shape index (κ1) is 16.2. The molecule has 3 atom stereocenters. The lowest BCUT2D eigenvalue weighted by molar-refractivity contribution is -0.00340. The van der Waals surface area contributed by atoms with Crippen molar-refractivity contribution in [2.45, 2.75) is 30.8 Å². The van der Waals surface area contributed by atoms with E-state index in [1.807, 2.05) is 6.07 Å². The summed E-state index contributed by atoms with van der Waals surface area (Å²) >= 11 is 0. The molecule has 2 bridgehead atoms. The van der Waals surface area contributed by atoms with Gasteiger partial charge in [-0.3, -0.25) is 9.69 Å². The van der Waals surface area contributed by atoms with Crippen LogP contribution in [0.5, 0.6) is 0 Å². The number of carbonyl (C=O) groups excluding carboxylic acids is 1. The van der Waals surface area contributed by atoms with Gasteiger partial charge in [-0.1, -0.05) is 30.3 Å². The molecule has 0 spiro atoms. The highest BCUT2D eigenvalue weighted by Crippen LogP contribution is 2.46. The summed E-state index contributed by atoms with van der Waals surface area (Å²) in [6, 6.07) is 15.1. The normalized spacial score (nSPS) is 31.3. The Balaban J connectivity index is 1.39. The molecule has 0 saturated carbocycles. The third-order valence-electron chi connectivity index (χ3n) is 6.93. The van der Waals surface area contributed by atoms with Crippen LogP contribution in [-0.2, 0) is 0 Å². The predicted octanol–water partition coefficient (Wildman–Crippen LogP) is 1.83. The maximum absolute atomic E-state index is 13.6. The topological polar surface area (TPSA) is 66.6 Å². The zero-order valence-corrected chi connectivity index (χ0v) is 15.6. The number of benzene rings is 1. The van der Waals surface area contributed by atoms with Crippen LogP contribution in [0.3, 0.4) is 0 Å². The zero-order valence-electron chi connectivity index (χ0n) is 15.6. The Morgan fingerprint density at radius 1 is 1.04 bits per heavy atom. The fraction of sp³-hybridized carbons (Fsp3) is 0.429. The van der Waals surface area contributed by atoms with E-state index < -0.39 is 0 Å². The molecule has 4 fully saturated rings. The molecule has 4 aliphatic heterocycles. The van der Waals surface area contributed by atoms with Crippen molar-refractivity contribution < 1.29 is 4.79 Å². The van der Waals surface area contributed by atoms with Crippen molar-refractivity contribution in [3.63, 3.8) is 0 Å². The Morgan fingerprint density at radius 3 is 2.68 bits per heavy atom. The highest BCUT2D eigenvalue weighted by atomic mass is 16.2. The standard InChI is InChI=1S/C21H22N6O/c28-21(16-8-11-27-18(12-16)22-23-24-27)26-13-17(14-4-2-1-3-5-14)20-19(26)15-6-9-25(20)10-7-15/h1-5,8,11-12,15,17,19-20H,6-7,9-10,13H2/t17-,19+,20+/m0/s1. The first-order valence-electron chi connectivity index (χ1n) is 10.1. The minimum atomic E-state index is 0.104. The van der Waals surface area contributed by atoms with E-state index in [1.54, 1.807) is 16.8 Å². The number of tetrazole rings is 1. The van der Waals surface area contributed by atoms with E-state index in [1.165, 1.54) is 18.4 Å². The SMILES string of the molecule is O=C(c1ccn2nnnc2c1)N1C[C@@H](c2ccccc2)[C@@H]2[C@H]1C1CCN2CC1. The molecule has 0 aliphatic carbocycles. The molecule has 0 unspecified atom stereocenters. The van der Waals surface area contributed by atoms with Gasteiger partial charge in [0.2, 0.25) is 0 Å². The molecule has 7 rings (SSSR count). The number of hydrogen-bond acceptors (Lipinski definition) is 5. The summed E-state index contributed by atoms with van der Waals surface area (Å²) in [5.41, 5.74) is 2.62. The van der Waals surface area contributed by atoms with Crippen LogP contribution in [0.1, 0.15) is 34.7 Å². The van der Waals surface area contributed by atoms with Crippen LogP contribution < -0.4 is 0 Å². The molecule has 3 aromatic rings. The van der Waals surface area contributed by atoms with Crippen LogP contribution in [0.15, 0.2) is 48.7 Å². The third kappa shape index (κ3) is 2.32. The second-order valence-corrected chi connectivity index (χ2v) is 8.23. The van der Waals surface area contributed by atoms with Crippen molar-refractivity contribution in [3.8, 4) is 0 Å². The van der Waals surface area contributed by atoms with Gasteiger partial charge in [0.25, 0.3) is 5.91 Å². The highest BCUT2D eigenvalue weighted by Gasteiger charge is 2.54. The summed E-state index contributed by atoms with van der Waals surface area (Å²) in [5, 5.41) is 11.6. The van der Waals surface area contributed by atoms with Crippen LogP contribution in [0.2, 0.25) is 0 Å². The third-order valence-corrected chi connectivity index (χ3v) is 6.93. The number of pyridine rings is 1. The predicted molar refractivity (Wildman–Crippen MR) is 103 cm³/mol. The Morgan fingerprint density at radius 2 is 1.86 bits per heavy atom. The van der Waals surface area contributed by atoms with Crippen molar-refractivity contribution in [1.29, 1.82) is 0 Å². The van der Waals surface area contributed by atoms with Gasteiger partial charge in [-0.2, -0.15) is 0 Å². The van der Waals surface area contributed by atoms with Crippen molar-refractivity contribution in [3.05, 3.63) is 59.8 Å². The largest absolute Gasteiger partial charge is 0.333 e. The maximum atomic E-state index is 13.6. The summed E-state index contributed by atoms with van der Waals surface area (Å²) in [6.07, 6.45) is 4.15. The molecule has 0 N–H and O–H groups in total. The quantitative estimate of drug-likeness (QED) is 0.685. The maximum Gasteiger partial charge on any atom is 0.254 e. The average molecular weight is 374 g/mol. The highest BCUT2D eigenvalue weighted by molar-refractivity contribution is 5.95. The smallest absolute Gasteiger partial charge is 0.254 e. The molecule has 1 aromatic carbocycles. The Labute approximate surface area is 162 Å². The lowest BCUT2D eigenvalue weighted by Crippen LogP contribution is -2.60. The Kier molecular flexibility index (Phi) is 3.53. The average Bonchev–Trinajstić information content (AvgIpc) is 3.40. The molecule has 0 radical (unpaired) electrons. The minimum Gasteiger partial charge on any atom is -0.333 e. The van der Waals surface area contributed by atoms with E-state index in [4.69, 9.17) is 0 Å². The van der Waals surface area contributed by atoms with E-state index in [0.717, 1.165) is 19.6 Å². The first-order valence-corrected chi connectivity index (χ1v) is 10.1. The number of likely N-dealkylation sites (tertiary alicyclic amines) is 1. The fourth-order valence-electron chi connectivity index (χ4n) is 5.69. The van der Waals surface area contributed by atoms with Crippen LogP contribution >= 0.6 is 0 Å². The van der Waals surface area contributed by atoms with Crippen LogP contribution in [-0.4, -0.2) is 67.5 Å². The molecule has 28 heavy (non-hydrogen) atoms. The molecular weight excluding hydrogens is 352 g/mol. The van der Waals surface area contributed by atoms with Crippen LogP contribution in [0.4, 0.5) is 0 Å². The van der Waals surface area contributed by atoms with E-state index in [9.17, 15) is 4.79 Å². The first-order chi connectivity index (χ1) is 13.8. The number of aromatic nitrogens is 4. The van der Waals surface area contributed by atoms with Gasteiger partial charge in [0, 0.05) is 30.3 Å². The molecule has 2 aromatic heterocycles. The van der Waals surface area contributed by atoms with Crippen molar-refractivity contribution in [1.82, 2.24) is 29.8 Å². The Bertz CT molecular complexity index is 1030. The summed E-state index contributed by atoms with van der Waals surface area (Å²) in [7, 11) is 0. The molecule has 1 amide bonds. The van der Waals surface area contributed by atoms with Gasteiger partial charge >= 0.3 is 0 Å². The van der Waals surface area contributed by atoms with Crippen molar-refractivity contribution in [2.24, 2.45) is 5.92 Å². The molecule has 4 aliphatic rings. The van der Waals surface area contributed by atoms with Crippen LogP contribution in [0.25, 0.3) is 5.65 Å². The van der Waals surface area contributed by atoms with Gasteiger partial charge in [-0.05, 0) is 60.0 Å². The van der Waals surface area contributed by atoms with Crippen LogP contribution in [0, 0.1) is 5.92 Å². The van der Waals surface area contributed by atoms with Crippen molar-refractivity contribution in [2.75, 3.05) is 19.6 Å². The second kappa shape index (κ2) is 6.10. The molecular formula is C21H22N6O. The molecule has 6 heterocycles. The lowest BCUT2D eigenvalue weighted by Gasteiger charge is -2.51. The minimum absolute atomic E-state index is 0.104. The van der Waals surface area contributed by atoms with E-state index in [-0.39, 0.29) is 5.91 Å². The zero-order chi connectivity index (χ0) is 18.7. The van der Waals surface area contributed by atoms with Gasteiger partial charge < -0.3 is 4.90 Å². The van der Waals surface area contributed by atoms with Crippen molar-refractivity contribution >= 4 is 11.6 Å². The summed E-state index contributed by atoms with van der Waals surface area (Å²) in [5.74, 6) is 1.08. The van der Waals surface area contributed by atoms with E-state index in [0.29, 0.717) is 35.1 Å². The number of carbonyl (C=O) groups is 1. The summed E-state index contributed by atoms with van der Waals surface area (Å²) in [6.45, 7) is 3.10.